The average Bonchev–Trinajstić information content (AvgIpc) is 2.97. The van der Waals surface area contributed by atoms with Crippen molar-refractivity contribution in [2.24, 2.45) is 5.92 Å². The number of amides is 2. The Kier molecular flexibility index (Phi) is 5.25. The lowest BCUT2D eigenvalue weighted by Gasteiger charge is -2.19. The quantitative estimate of drug-likeness (QED) is 0.873. The standard InChI is InChI=1S/C18H21N3O2S/c1-12-15(17(23)20-14-10-6-3-7-11-14)24-18(19-12)21-16(22)13-8-4-2-5-9-13/h3,6-7,10-11,13H,2,4-5,8-9H2,1H3,(H,20,23)(H,19,21,22). The van der Waals surface area contributed by atoms with Crippen molar-refractivity contribution in [2.75, 3.05) is 10.6 Å². The first kappa shape index (κ1) is 16.6. The number of carbonyl (C=O) groups is 2. The van der Waals surface area contributed by atoms with Crippen LogP contribution in [0, 0.1) is 12.8 Å². The molecule has 0 bridgehead atoms. The number of para-hydroxylation sites is 1. The first-order valence-electron chi connectivity index (χ1n) is 8.28. The number of nitrogens with one attached hydrogen (secondary N) is 2. The van der Waals surface area contributed by atoms with E-state index in [1.807, 2.05) is 30.3 Å². The Bertz CT molecular complexity index is 721. The van der Waals surface area contributed by atoms with Crippen molar-refractivity contribution in [1.29, 1.82) is 0 Å². The Hall–Kier alpha value is -2.21. The maximum Gasteiger partial charge on any atom is 0.267 e. The smallest absolute Gasteiger partial charge is 0.267 e. The molecule has 1 fully saturated rings. The van der Waals surface area contributed by atoms with Crippen LogP contribution in [0.4, 0.5) is 10.8 Å². The largest absolute Gasteiger partial charge is 0.321 e. The maximum atomic E-state index is 12.4. The van der Waals surface area contributed by atoms with Crippen molar-refractivity contribution in [3.05, 3.63) is 40.9 Å². The molecule has 1 aliphatic carbocycles. The van der Waals surface area contributed by atoms with Crippen LogP contribution in [0.25, 0.3) is 0 Å². The number of thiazole rings is 1. The van der Waals surface area contributed by atoms with Crippen molar-refractivity contribution in [2.45, 2.75) is 39.0 Å². The van der Waals surface area contributed by atoms with E-state index in [0.717, 1.165) is 31.4 Å². The number of carbonyl (C=O) groups excluding carboxylic acids is 2. The summed E-state index contributed by atoms with van der Waals surface area (Å²) in [4.78, 5) is 29.5. The van der Waals surface area contributed by atoms with Crippen LogP contribution < -0.4 is 10.6 Å². The molecule has 1 aromatic carbocycles. The molecule has 2 N–H and O–H groups in total. The van der Waals surface area contributed by atoms with E-state index in [-0.39, 0.29) is 17.7 Å². The molecule has 3 rings (SSSR count). The lowest BCUT2D eigenvalue weighted by Crippen LogP contribution is -2.24. The molecule has 0 spiro atoms. The summed E-state index contributed by atoms with van der Waals surface area (Å²) < 4.78 is 0. The van der Waals surface area contributed by atoms with Crippen LogP contribution in [-0.4, -0.2) is 16.8 Å². The first-order valence-corrected chi connectivity index (χ1v) is 9.10. The molecular formula is C18H21N3O2S. The van der Waals surface area contributed by atoms with Gasteiger partial charge in [-0.25, -0.2) is 4.98 Å². The number of aromatic nitrogens is 1. The van der Waals surface area contributed by atoms with E-state index < -0.39 is 0 Å². The molecule has 0 aliphatic heterocycles. The van der Waals surface area contributed by atoms with Gasteiger partial charge < -0.3 is 10.6 Å². The molecule has 6 heteroatoms. The lowest BCUT2D eigenvalue weighted by atomic mass is 9.89. The monoisotopic (exact) mass is 343 g/mol. The van der Waals surface area contributed by atoms with Crippen LogP contribution in [0.5, 0.6) is 0 Å². The molecule has 1 saturated carbocycles. The average molecular weight is 343 g/mol. The lowest BCUT2D eigenvalue weighted by molar-refractivity contribution is -0.120. The van der Waals surface area contributed by atoms with Crippen LogP contribution in [0.3, 0.4) is 0 Å². The third-order valence-corrected chi connectivity index (χ3v) is 5.31. The summed E-state index contributed by atoms with van der Waals surface area (Å²) in [5, 5.41) is 6.23. The number of aryl methyl sites for hydroxylation is 1. The highest BCUT2D eigenvalue weighted by Crippen LogP contribution is 2.27. The SMILES string of the molecule is Cc1nc(NC(=O)C2CCCCC2)sc1C(=O)Nc1ccccc1. The number of benzene rings is 1. The second-order valence-electron chi connectivity index (χ2n) is 6.08. The van der Waals surface area contributed by atoms with Gasteiger partial charge in [-0.15, -0.1) is 0 Å². The van der Waals surface area contributed by atoms with Crippen molar-refractivity contribution >= 4 is 34.0 Å². The van der Waals surface area contributed by atoms with E-state index in [0.29, 0.717) is 15.7 Å². The minimum Gasteiger partial charge on any atom is -0.321 e. The maximum absolute atomic E-state index is 12.4. The summed E-state index contributed by atoms with van der Waals surface area (Å²) in [6.07, 6.45) is 5.32. The Morgan fingerprint density at radius 1 is 1.08 bits per heavy atom. The first-order chi connectivity index (χ1) is 11.6. The highest BCUT2D eigenvalue weighted by molar-refractivity contribution is 7.17. The zero-order valence-corrected chi connectivity index (χ0v) is 14.5. The Balaban J connectivity index is 1.66. The molecule has 0 unspecified atom stereocenters. The number of rotatable bonds is 4. The zero-order valence-electron chi connectivity index (χ0n) is 13.7. The highest BCUT2D eigenvalue weighted by Gasteiger charge is 2.23. The van der Waals surface area contributed by atoms with Crippen molar-refractivity contribution < 1.29 is 9.59 Å². The van der Waals surface area contributed by atoms with Crippen LogP contribution in [0.15, 0.2) is 30.3 Å². The van der Waals surface area contributed by atoms with Gasteiger partial charge in [0.25, 0.3) is 5.91 Å². The van der Waals surface area contributed by atoms with Gasteiger partial charge in [0.15, 0.2) is 5.13 Å². The minimum absolute atomic E-state index is 0.0264. The number of nitrogens with zero attached hydrogens (tertiary/aromatic N) is 1. The topological polar surface area (TPSA) is 71.1 Å². The normalized spacial score (nSPS) is 15.0. The van der Waals surface area contributed by atoms with Gasteiger partial charge in [-0.2, -0.15) is 0 Å². The number of hydrogen-bond donors (Lipinski definition) is 2. The summed E-state index contributed by atoms with van der Waals surface area (Å²) in [6.45, 7) is 1.78. The Labute approximate surface area is 145 Å². The van der Waals surface area contributed by atoms with Crippen molar-refractivity contribution in [1.82, 2.24) is 4.98 Å². The summed E-state index contributed by atoms with van der Waals surface area (Å²) in [5.41, 5.74) is 1.37. The van der Waals surface area contributed by atoms with Gasteiger partial charge in [0.05, 0.1) is 5.69 Å². The number of hydrogen-bond acceptors (Lipinski definition) is 4. The van der Waals surface area contributed by atoms with E-state index in [1.165, 1.54) is 17.8 Å². The molecule has 0 saturated heterocycles. The van der Waals surface area contributed by atoms with Crippen molar-refractivity contribution in [3.8, 4) is 0 Å². The zero-order chi connectivity index (χ0) is 16.9. The van der Waals surface area contributed by atoms with Crippen LogP contribution in [-0.2, 0) is 4.79 Å². The van der Waals surface area contributed by atoms with E-state index >= 15 is 0 Å². The summed E-state index contributed by atoms with van der Waals surface area (Å²) in [5.74, 6) is -0.0996. The molecule has 1 aliphatic rings. The molecule has 0 atom stereocenters. The fourth-order valence-corrected chi connectivity index (χ4v) is 3.81. The van der Waals surface area contributed by atoms with Gasteiger partial charge in [0.2, 0.25) is 5.91 Å². The predicted octanol–water partition coefficient (Wildman–Crippen LogP) is 4.22. The van der Waals surface area contributed by atoms with Crippen LogP contribution in [0.2, 0.25) is 0 Å². The van der Waals surface area contributed by atoms with E-state index in [4.69, 9.17) is 0 Å². The molecule has 126 valence electrons. The summed E-state index contributed by atoms with van der Waals surface area (Å²) >= 11 is 1.22. The predicted molar refractivity (Wildman–Crippen MR) is 96.5 cm³/mol. The second kappa shape index (κ2) is 7.57. The van der Waals surface area contributed by atoms with Gasteiger partial charge in [-0.05, 0) is 31.9 Å². The molecule has 1 heterocycles. The van der Waals surface area contributed by atoms with Gasteiger partial charge in [0.1, 0.15) is 4.88 Å². The summed E-state index contributed by atoms with van der Waals surface area (Å²) in [7, 11) is 0. The molecule has 2 aromatic rings. The Morgan fingerprint density at radius 3 is 2.50 bits per heavy atom. The van der Waals surface area contributed by atoms with Gasteiger partial charge in [-0.3, -0.25) is 9.59 Å². The third-order valence-electron chi connectivity index (χ3n) is 4.24. The fourth-order valence-electron chi connectivity index (χ4n) is 2.94. The van der Waals surface area contributed by atoms with E-state index in [2.05, 4.69) is 15.6 Å². The van der Waals surface area contributed by atoms with Gasteiger partial charge in [-0.1, -0.05) is 48.8 Å². The van der Waals surface area contributed by atoms with E-state index in [1.54, 1.807) is 6.92 Å². The molecular weight excluding hydrogens is 322 g/mol. The highest BCUT2D eigenvalue weighted by atomic mass is 32.1. The third kappa shape index (κ3) is 4.00. The number of anilines is 2. The molecule has 2 amide bonds. The second-order valence-corrected chi connectivity index (χ2v) is 7.08. The van der Waals surface area contributed by atoms with Crippen LogP contribution in [0.1, 0.15) is 47.5 Å². The van der Waals surface area contributed by atoms with Crippen molar-refractivity contribution in [3.63, 3.8) is 0 Å². The van der Waals surface area contributed by atoms with Gasteiger partial charge in [0, 0.05) is 11.6 Å². The summed E-state index contributed by atoms with van der Waals surface area (Å²) in [6, 6.07) is 9.29. The fraction of sp³-hybridized carbons (Fsp3) is 0.389. The Morgan fingerprint density at radius 2 is 1.79 bits per heavy atom. The van der Waals surface area contributed by atoms with E-state index in [9.17, 15) is 9.59 Å². The minimum atomic E-state index is -0.200. The molecule has 1 aromatic heterocycles. The molecule has 0 radical (unpaired) electrons. The molecule has 5 nitrogen and oxygen atoms in total. The van der Waals surface area contributed by atoms with Gasteiger partial charge >= 0.3 is 0 Å². The molecule has 24 heavy (non-hydrogen) atoms. The van der Waals surface area contributed by atoms with Crippen LogP contribution >= 0.6 is 11.3 Å².